The first-order chi connectivity index (χ1) is 12.1. The van der Waals surface area contributed by atoms with Crippen LogP contribution in [0.25, 0.3) is 0 Å². The van der Waals surface area contributed by atoms with Gasteiger partial charge in [0.05, 0.1) is 6.04 Å². The molecule has 1 amide bonds. The normalized spacial score (nSPS) is 20.6. The SMILES string of the molecule is Cc1ccc2c(c1C)OCC2NC(=O)C1(n2cccn2)CCNCC1.Cl. The summed E-state index contributed by atoms with van der Waals surface area (Å²) < 4.78 is 7.70. The maximum absolute atomic E-state index is 13.3. The van der Waals surface area contributed by atoms with E-state index in [2.05, 4.69) is 41.7 Å². The lowest BCUT2D eigenvalue weighted by Crippen LogP contribution is -2.55. The second-order valence-corrected chi connectivity index (χ2v) is 7.00. The monoisotopic (exact) mass is 376 g/mol. The van der Waals surface area contributed by atoms with Crippen LogP contribution in [-0.2, 0) is 10.3 Å². The Balaban J connectivity index is 0.00000196. The second-order valence-electron chi connectivity index (χ2n) is 7.00. The number of ether oxygens (including phenoxy) is 1. The number of benzene rings is 1. The second kappa shape index (κ2) is 7.29. The average Bonchev–Trinajstić information content (AvgIpc) is 3.29. The predicted molar refractivity (Wildman–Crippen MR) is 102 cm³/mol. The van der Waals surface area contributed by atoms with Gasteiger partial charge in [-0.25, -0.2) is 0 Å². The van der Waals surface area contributed by atoms with Crippen molar-refractivity contribution in [1.82, 2.24) is 20.4 Å². The topological polar surface area (TPSA) is 68.2 Å². The van der Waals surface area contributed by atoms with Gasteiger partial charge in [0.25, 0.3) is 0 Å². The molecule has 0 spiro atoms. The fourth-order valence-electron chi connectivity index (χ4n) is 3.87. The van der Waals surface area contributed by atoms with Crippen LogP contribution in [-0.4, -0.2) is 35.4 Å². The van der Waals surface area contributed by atoms with Crippen molar-refractivity contribution >= 4 is 18.3 Å². The van der Waals surface area contributed by atoms with Crippen molar-refractivity contribution in [2.24, 2.45) is 0 Å². The molecule has 1 fully saturated rings. The molecule has 1 saturated heterocycles. The highest BCUT2D eigenvalue weighted by atomic mass is 35.5. The summed E-state index contributed by atoms with van der Waals surface area (Å²) in [7, 11) is 0. The van der Waals surface area contributed by atoms with Gasteiger partial charge in [0.2, 0.25) is 5.91 Å². The van der Waals surface area contributed by atoms with E-state index >= 15 is 0 Å². The van der Waals surface area contributed by atoms with Crippen molar-refractivity contribution in [1.29, 1.82) is 0 Å². The summed E-state index contributed by atoms with van der Waals surface area (Å²) in [5, 5.41) is 10.9. The molecule has 26 heavy (non-hydrogen) atoms. The smallest absolute Gasteiger partial charge is 0.248 e. The molecule has 2 aliphatic rings. The molecule has 2 N–H and O–H groups in total. The quantitative estimate of drug-likeness (QED) is 0.862. The molecule has 140 valence electrons. The molecular formula is C19H25ClN4O2. The molecule has 1 aromatic carbocycles. The van der Waals surface area contributed by atoms with E-state index in [1.807, 2.05) is 16.9 Å². The van der Waals surface area contributed by atoms with Crippen LogP contribution in [0.3, 0.4) is 0 Å². The van der Waals surface area contributed by atoms with E-state index in [1.54, 1.807) is 6.20 Å². The van der Waals surface area contributed by atoms with Gasteiger partial charge in [0, 0.05) is 18.0 Å². The first-order valence-corrected chi connectivity index (χ1v) is 8.86. The standard InChI is InChI=1S/C19H24N4O2.ClH/c1-13-4-5-15-16(12-25-17(15)14(13)2)22-18(24)19(6-9-20-10-7-19)23-11-3-8-21-23;/h3-5,8,11,16,20H,6-7,9-10,12H2,1-2H3,(H,22,24);1H. The largest absolute Gasteiger partial charge is 0.490 e. The molecule has 0 radical (unpaired) electrons. The lowest BCUT2D eigenvalue weighted by molar-refractivity contribution is -0.132. The number of aryl methyl sites for hydroxylation is 1. The Bertz CT molecular complexity index is 785. The van der Waals surface area contributed by atoms with Crippen LogP contribution >= 0.6 is 12.4 Å². The van der Waals surface area contributed by atoms with Crippen molar-refractivity contribution in [2.45, 2.75) is 38.3 Å². The maximum atomic E-state index is 13.3. The highest BCUT2D eigenvalue weighted by Gasteiger charge is 2.43. The number of nitrogens with one attached hydrogen (secondary N) is 2. The first kappa shape index (κ1) is 18.7. The predicted octanol–water partition coefficient (Wildman–Crippen LogP) is 2.25. The first-order valence-electron chi connectivity index (χ1n) is 8.86. The summed E-state index contributed by atoms with van der Waals surface area (Å²) >= 11 is 0. The van der Waals surface area contributed by atoms with Crippen LogP contribution in [0.2, 0.25) is 0 Å². The summed E-state index contributed by atoms with van der Waals surface area (Å²) in [6.07, 6.45) is 5.08. The van der Waals surface area contributed by atoms with E-state index in [4.69, 9.17) is 4.74 Å². The fraction of sp³-hybridized carbons (Fsp3) is 0.474. The van der Waals surface area contributed by atoms with Crippen molar-refractivity contribution in [3.63, 3.8) is 0 Å². The molecule has 0 bridgehead atoms. The van der Waals surface area contributed by atoms with Crippen molar-refractivity contribution < 1.29 is 9.53 Å². The Morgan fingerprint density at radius 3 is 2.81 bits per heavy atom. The summed E-state index contributed by atoms with van der Waals surface area (Å²) in [4.78, 5) is 13.3. The van der Waals surface area contributed by atoms with E-state index in [0.717, 1.165) is 42.8 Å². The maximum Gasteiger partial charge on any atom is 0.248 e. The van der Waals surface area contributed by atoms with Gasteiger partial charge in [-0.15, -0.1) is 12.4 Å². The zero-order valence-electron chi connectivity index (χ0n) is 15.1. The van der Waals surface area contributed by atoms with Crippen LogP contribution in [0.1, 0.15) is 35.6 Å². The lowest BCUT2D eigenvalue weighted by Gasteiger charge is -2.37. The van der Waals surface area contributed by atoms with Gasteiger partial charge >= 0.3 is 0 Å². The zero-order chi connectivity index (χ0) is 17.4. The molecule has 7 heteroatoms. The molecule has 1 atom stereocenters. The van der Waals surface area contributed by atoms with Crippen LogP contribution in [0.15, 0.2) is 30.6 Å². The van der Waals surface area contributed by atoms with E-state index in [1.165, 1.54) is 5.56 Å². The van der Waals surface area contributed by atoms with Crippen LogP contribution < -0.4 is 15.4 Å². The number of piperidine rings is 1. The summed E-state index contributed by atoms with van der Waals surface area (Å²) in [6, 6.07) is 5.93. The minimum atomic E-state index is -0.628. The third-order valence-corrected chi connectivity index (χ3v) is 5.58. The summed E-state index contributed by atoms with van der Waals surface area (Å²) in [6.45, 7) is 6.24. The van der Waals surface area contributed by atoms with Gasteiger partial charge in [-0.3, -0.25) is 9.48 Å². The minimum Gasteiger partial charge on any atom is -0.490 e. The van der Waals surface area contributed by atoms with E-state index in [9.17, 15) is 4.79 Å². The molecule has 0 saturated carbocycles. The third-order valence-electron chi connectivity index (χ3n) is 5.58. The van der Waals surface area contributed by atoms with Crippen LogP contribution in [0, 0.1) is 13.8 Å². The number of carbonyl (C=O) groups excluding carboxylic acids is 1. The van der Waals surface area contributed by atoms with E-state index < -0.39 is 5.54 Å². The van der Waals surface area contributed by atoms with Crippen molar-refractivity contribution in [3.8, 4) is 5.75 Å². The summed E-state index contributed by atoms with van der Waals surface area (Å²) in [5.41, 5.74) is 2.80. The molecule has 2 aromatic rings. The van der Waals surface area contributed by atoms with Crippen molar-refractivity contribution in [2.75, 3.05) is 19.7 Å². The third kappa shape index (κ3) is 2.97. The highest BCUT2D eigenvalue weighted by molar-refractivity contribution is 5.85. The number of amides is 1. The molecule has 3 heterocycles. The zero-order valence-corrected chi connectivity index (χ0v) is 15.9. The Labute approximate surface area is 159 Å². The Morgan fingerprint density at radius 2 is 2.12 bits per heavy atom. The number of hydrogen-bond acceptors (Lipinski definition) is 4. The number of nitrogens with zero attached hydrogens (tertiary/aromatic N) is 2. The number of carbonyl (C=O) groups is 1. The number of halogens is 1. The Kier molecular flexibility index (Phi) is 5.25. The van der Waals surface area contributed by atoms with Gasteiger partial charge in [0.15, 0.2) is 0 Å². The van der Waals surface area contributed by atoms with Gasteiger partial charge < -0.3 is 15.4 Å². The number of rotatable bonds is 3. The molecule has 1 aromatic heterocycles. The highest BCUT2D eigenvalue weighted by Crippen LogP contribution is 2.37. The average molecular weight is 377 g/mol. The summed E-state index contributed by atoms with van der Waals surface area (Å²) in [5.74, 6) is 0.945. The van der Waals surface area contributed by atoms with E-state index in [-0.39, 0.29) is 24.4 Å². The lowest BCUT2D eigenvalue weighted by atomic mass is 9.87. The van der Waals surface area contributed by atoms with Crippen molar-refractivity contribution in [3.05, 3.63) is 47.3 Å². The van der Waals surface area contributed by atoms with Crippen LogP contribution in [0.4, 0.5) is 0 Å². The number of aromatic nitrogens is 2. The fourth-order valence-corrected chi connectivity index (χ4v) is 3.87. The number of fused-ring (bicyclic) bond motifs is 1. The molecule has 0 aliphatic carbocycles. The number of hydrogen-bond donors (Lipinski definition) is 2. The van der Waals surface area contributed by atoms with Gasteiger partial charge in [-0.2, -0.15) is 5.10 Å². The molecule has 6 nitrogen and oxygen atoms in total. The molecule has 4 rings (SSSR count). The molecule has 2 aliphatic heterocycles. The molecule has 1 unspecified atom stereocenters. The Hall–Kier alpha value is -2.05. The van der Waals surface area contributed by atoms with Crippen LogP contribution in [0.5, 0.6) is 5.75 Å². The Morgan fingerprint density at radius 1 is 1.35 bits per heavy atom. The van der Waals surface area contributed by atoms with Gasteiger partial charge in [0.1, 0.15) is 17.9 Å². The minimum absolute atomic E-state index is 0. The van der Waals surface area contributed by atoms with Gasteiger partial charge in [-0.1, -0.05) is 12.1 Å². The molecular weight excluding hydrogens is 352 g/mol. The van der Waals surface area contributed by atoms with E-state index in [0.29, 0.717) is 6.61 Å². The van der Waals surface area contributed by atoms with Gasteiger partial charge in [-0.05, 0) is 57.0 Å².